The molecule has 3 rings (SSSR count). The molecular formula is C14H10O3. The minimum absolute atomic E-state index is 0.0947. The van der Waals surface area contributed by atoms with E-state index in [1.54, 1.807) is 24.3 Å². The first-order valence-corrected chi connectivity index (χ1v) is 5.45. The first kappa shape index (κ1) is 10.0. The molecule has 1 heterocycles. The van der Waals surface area contributed by atoms with Crippen LogP contribution in [-0.2, 0) is 4.74 Å². The number of fused-ring (bicyclic) bond motifs is 1. The zero-order valence-electron chi connectivity index (χ0n) is 9.16. The van der Waals surface area contributed by atoms with Crippen LogP contribution in [-0.4, -0.2) is 11.6 Å². The Morgan fingerprint density at radius 1 is 1.00 bits per heavy atom. The molecule has 0 atom stereocenters. The number of rotatable bonds is 0. The lowest BCUT2D eigenvalue weighted by Crippen LogP contribution is -2.25. The van der Waals surface area contributed by atoms with Crippen LogP contribution in [0.25, 0.3) is 0 Å². The van der Waals surface area contributed by atoms with Crippen molar-refractivity contribution in [3.8, 4) is 0 Å². The molecule has 1 aromatic rings. The van der Waals surface area contributed by atoms with Crippen molar-refractivity contribution in [3.05, 3.63) is 59.1 Å². The molecule has 0 saturated heterocycles. The van der Waals surface area contributed by atoms with Crippen molar-refractivity contribution in [3.63, 3.8) is 0 Å². The zero-order chi connectivity index (χ0) is 12.0. The molecule has 0 aromatic heterocycles. The first-order chi connectivity index (χ1) is 8.18. The summed E-state index contributed by atoms with van der Waals surface area (Å²) in [6.07, 6.45) is 1.13. The van der Waals surface area contributed by atoms with Gasteiger partial charge in [-0.2, -0.15) is 0 Å². The lowest BCUT2D eigenvalue weighted by Gasteiger charge is -2.25. The van der Waals surface area contributed by atoms with Gasteiger partial charge in [0.05, 0.1) is 5.76 Å². The predicted molar refractivity (Wildman–Crippen MR) is 61.6 cm³/mol. The Morgan fingerprint density at radius 2 is 1.65 bits per heavy atom. The van der Waals surface area contributed by atoms with Crippen LogP contribution in [0.1, 0.15) is 33.6 Å². The van der Waals surface area contributed by atoms with Gasteiger partial charge in [0.25, 0.3) is 0 Å². The molecule has 1 aliphatic heterocycles. The molecule has 0 bridgehead atoms. The molecule has 1 aliphatic carbocycles. The summed E-state index contributed by atoms with van der Waals surface area (Å²) in [7, 11) is 0. The molecule has 3 heteroatoms. The number of carbonyl (C=O) groups excluding carboxylic acids is 2. The SMILES string of the molecule is C=C1CCC2=C(O1)C(=O)c1ccccc1C2=O. The molecular weight excluding hydrogens is 216 g/mol. The van der Waals surface area contributed by atoms with E-state index in [0.717, 1.165) is 0 Å². The molecule has 3 nitrogen and oxygen atoms in total. The quantitative estimate of drug-likeness (QED) is 0.683. The molecule has 17 heavy (non-hydrogen) atoms. The average molecular weight is 226 g/mol. The van der Waals surface area contributed by atoms with E-state index in [0.29, 0.717) is 35.3 Å². The lowest BCUT2D eigenvalue weighted by atomic mass is 9.85. The first-order valence-electron chi connectivity index (χ1n) is 5.45. The van der Waals surface area contributed by atoms with E-state index in [1.807, 2.05) is 0 Å². The van der Waals surface area contributed by atoms with Crippen molar-refractivity contribution in [2.45, 2.75) is 12.8 Å². The molecule has 0 unspecified atom stereocenters. The van der Waals surface area contributed by atoms with Gasteiger partial charge < -0.3 is 4.74 Å². The molecule has 0 radical (unpaired) electrons. The Morgan fingerprint density at radius 3 is 2.35 bits per heavy atom. The second-order valence-corrected chi connectivity index (χ2v) is 4.15. The van der Waals surface area contributed by atoms with E-state index in [4.69, 9.17) is 4.74 Å². The van der Waals surface area contributed by atoms with Gasteiger partial charge in [0.2, 0.25) is 5.78 Å². The standard InChI is InChI=1S/C14H10O3/c1-8-6-7-11-12(15)9-4-2-3-5-10(9)13(16)14(11)17-8/h2-5H,1,6-7H2. The van der Waals surface area contributed by atoms with Crippen molar-refractivity contribution in [1.82, 2.24) is 0 Å². The summed E-state index contributed by atoms with van der Waals surface area (Å²) in [5.41, 5.74) is 1.39. The van der Waals surface area contributed by atoms with Gasteiger partial charge in [0, 0.05) is 23.1 Å². The minimum Gasteiger partial charge on any atom is -0.458 e. The Kier molecular flexibility index (Phi) is 2.01. The normalized spacial score (nSPS) is 18.7. The highest BCUT2D eigenvalue weighted by Gasteiger charge is 2.35. The maximum Gasteiger partial charge on any atom is 0.229 e. The average Bonchev–Trinajstić information content (AvgIpc) is 2.36. The third-order valence-corrected chi connectivity index (χ3v) is 3.07. The highest BCUT2D eigenvalue weighted by molar-refractivity contribution is 6.26. The van der Waals surface area contributed by atoms with E-state index in [9.17, 15) is 9.59 Å². The van der Waals surface area contributed by atoms with Crippen LogP contribution in [0.15, 0.2) is 47.9 Å². The van der Waals surface area contributed by atoms with Crippen molar-refractivity contribution in [2.24, 2.45) is 0 Å². The summed E-state index contributed by atoms with van der Waals surface area (Å²) < 4.78 is 5.34. The Hall–Kier alpha value is -2.16. The number of ketones is 2. The van der Waals surface area contributed by atoms with Gasteiger partial charge in [-0.1, -0.05) is 30.8 Å². The van der Waals surface area contributed by atoms with Crippen molar-refractivity contribution >= 4 is 11.6 Å². The van der Waals surface area contributed by atoms with Gasteiger partial charge in [0.15, 0.2) is 11.5 Å². The van der Waals surface area contributed by atoms with E-state index in [1.165, 1.54) is 0 Å². The van der Waals surface area contributed by atoms with Gasteiger partial charge >= 0.3 is 0 Å². The van der Waals surface area contributed by atoms with E-state index in [-0.39, 0.29) is 17.3 Å². The summed E-state index contributed by atoms with van der Waals surface area (Å²) >= 11 is 0. The van der Waals surface area contributed by atoms with Gasteiger partial charge in [-0.3, -0.25) is 9.59 Å². The molecule has 0 fully saturated rings. The Balaban J connectivity index is 2.21. The summed E-state index contributed by atoms with van der Waals surface area (Å²) in [5.74, 6) is 0.410. The van der Waals surface area contributed by atoms with Crippen molar-refractivity contribution < 1.29 is 14.3 Å². The third kappa shape index (κ3) is 1.35. The fourth-order valence-corrected chi connectivity index (χ4v) is 2.20. The molecule has 0 amide bonds. The van der Waals surface area contributed by atoms with Gasteiger partial charge in [-0.05, 0) is 6.42 Å². The van der Waals surface area contributed by atoms with Crippen molar-refractivity contribution in [2.75, 3.05) is 0 Å². The molecule has 0 N–H and O–H groups in total. The molecule has 84 valence electrons. The number of carbonyl (C=O) groups is 2. The largest absolute Gasteiger partial charge is 0.458 e. The molecule has 1 aromatic carbocycles. The van der Waals surface area contributed by atoms with Crippen LogP contribution in [0, 0.1) is 0 Å². The third-order valence-electron chi connectivity index (χ3n) is 3.07. The fraction of sp³-hybridized carbons (Fsp3) is 0.143. The van der Waals surface area contributed by atoms with E-state index >= 15 is 0 Å². The number of benzene rings is 1. The highest BCUT2D eigenvalue weighted by Crippen LogP contribution is 2.34. The number of Topliss-reactive ketones (excluding diaryl/α,β-unsaturated/α-hetero) is 2. The van der Waals surface area contributed by atoms with Gasteiger partial charge in [0.1, 0.15) is 0 Å². The van der Waals surface area contributed by atoms with Crippen molar-refractivity contribution in [1.29, 1.82) is 0 Å². The van der Waals surface area contributed by atoms with E-state index in [2.05, 4.69) is 6.58 Å². The lowest BCUT2D eigenvalue weighted by molar-refractivity contribution is 0.0891. The summed E-state index contributed by atoms with van der Waals surface area (Å²) in [5, 5.41) is 0. The summed E-state index contributed by atoms with van der Waals surface area (Å²) in [4.78, 5) is 24.3. The number of ether oxygens (including phenoxy) is 1. The smallest absolute Gasteiger partial charge is 0.229 e. The van der Waals surface area contributed by atoms with Crippen LogP contribution in [0.2, 0.25) is 0 Å². The molecule has 0 saturated carbocycles. The monoisotopic (exact) mass is 226 g/mol. The fourth-order valence-electron chi connectivity index (χ4n) is 2.20. The Bertz CT molecular complexity index is 593. The Labute approximate surface area is 98.4 Å². The molecule has 0 spiro atoms. The second-order valence-electron chi connectivity index (χ2n) is 4.15. The number of hydrogen-bond donors (Lipinski definition) is 0. The second kappa shape index (κ2) is 3.42. The topological polar surface area (TPSA) is 43.4 Å². The van der Waals surface area contributed by atoms with E-state index < -0.39 is 0 Å². The highest BCUT2D eigenvalue weighted by atomic mass is 16.5. The zero-order valence-corrected chi connectivity index (χ0v) is 9.16. The van der Waals surface area contributed by atoms with Crippen LogP contribution in [0.3, 0.4) is 0 Å². The summed E-state index contributed by atoms with van der Waals surface area (Å²) in [6, 6.07) is 6.84. The van der Waals surface area contributed by atoms with Gasteiger partial charge in [-0.25, -0.2) is 0 Å². The van der Waals surface area contributed by atoms with Gasteiger partial charge in [-0.15, -0.1) is 0 Å². The predicted octanol–water partition coefficient (Wildman–Crippen LogP) is 2.64. The molecule has 2 aliphatic rings. The maximum absolute atomic E-state index is 12.2. The maximum atomic E-state index is 12.2. The van der Waals surface area contributed by atoms with Crippen LogP contribution in [0.4, 0.5) is 0 Å². The number of allylic oxidation sites excluding steroid dienone is 3. The minimum atomic E-state index is -0.212. The number of hydrogen-bond acceptors (Lipinski definition) is 3. The van der Waals surface area contributed by atoms with Crippen LogP contribution in [0.5, 0.6) is 0 Å². The summed E-state index contributed by atoms with van der Waals surface area (Å²) in [6.45, 7) is 3.70. The van der Waals surface area contributed by atoms with Crippen LogP contribution < -0.4 is 0 Å². The van der Waals surface area contributed by atoms with Crippen LogP contribution >= 0.6 is 0 Å².